The van der Waals surface area contributed by atoms with Crippen LogP contribution in [0.2, 0.25) is 0 Å². The van der Waals surface area contributed by atoms with Gasteiger partial charge in [0.2, 0.25) is 0 Å². The summed E-state index contributed by atoms with van der Waals surface area (Å²) in [6.45, 7) is 4.69. The molecule has 0 rings (SSSR count). The maximum atomic E-state index is 12.8. The number of likely N-dealkylation sites (N-methyl/N-ethyl adjacent to an activating group) is 1. The lowest BCUT2D eigenvalue weighted by Gasteiger charge is -2.34. The Labute approximate surface area is 383 Å². The summed E-state index contributed by atoms with van der Waals surface area (Å²) in [6, 6.07) is -0.723. The van der Waals surface area contributed by atoms with E-state index in [9.17, 15) is 19.5 Å². The zero-order valence-corrected chi connectivity index (χ0v) is 41.6. The van der Waals surface area contributed by atoms with Crippen LogP contribution in [0.15, 0.2) is 24.3 Å². The molecule has 0 spiro atoms. The molecule has 0 aliphatic carbocycles. The van der Waals surface area contributed by atoms with Crippen LogP contribution >= 0.6 is 0 Å². The van der Waals surface area contributed by atoms with E-state index in [0.717, 1.165) is 44.9 Å². The van der Waals surface area contributed by atoms with E-state index < -0.39 is 18.1 Å². The Morgan fingerprint density at radius 2 is 0.855 bits per heavy atom. The Bertz CT molecular complexity index is 1070. The quantitative estimate of drug-likeness (QED) is 0.0260. The largest absolute Gasteiger partial charge is 0.544 e. The highest BCUT2D eigenvalue weighted by atomic mass is 16.6. The molecule has 0 saturated carbocycles. The van der Waals surface area contributed by atoms with Crippen molar-refractivity contribution in [3.63, 3.8) is 0 Å². The lowest BCUT2D eigenvalue weighted by Crippen LogP contribution is -2.55. The number of hydrogen-bond donors (Lipinski definition) is 0. The van der Waals surface area contributed by atoms with E-state index in [-0.39, 0.29) is 42.7 Å². The second-order valence-corrected chi connectivity index (χ2v) is 19.1. The first-order valence-corrected chi connectivity index (χ1v) is 26.4. The molecule has 0 fully saturated rings. The Morgan fingerprint density at radius 3 is 1.24 bits per heavy atom. The van der Waals surface area contributed by atoms with Crippen LogP contribution in [-0.2, 0) is 28.6 Å². The number of allylic oxidation sites excluding steroid dienone is 4. The summed E-state index contributed by atoms with van der Waals surface area (Å²) in [5.74, 6) is -1.72. The third-order valence-corrected chi connectivity index (χ3v) is 12.1. The number of carbonyl (C=O) groups excluding carboxylic acids is 3. The number of carbonyl (C=O) groups is 3. The van der Waals surface area contributed by atoms with Gasteiger partial charge in [-0.1, -0.05) is 212 Å². The van der Waals surface area contributed by atoms with Gasteiger partial charge in [-0.15, -0.1) is 0 Å². The maximum absolute atomic E-state index is 12.8. The van der Waals surface area contributed by atoms with Gasteiger partial charge in [0, 0.05) is 19.3 Å². The maximum Gasteiger partial charge on any atom is 0.306 e. The highest BCUT2D eigenvalue weighted by Gasteiger charge is 2.25. The smallest absolute Gasteiger partial charge is 0.306 e. The van der Waals surface area contributed by atoms with E-state index in [0.29, 0.717) is 12.8 Å². The number of unbranched alkanes of at least 4 members (excludes halogenated alkanes) is 30. The van der Waals surface area contributed by atoms with E-state index in [4.69, 9.17) is 14.2 Å². The first-order chi connectivity index (χ1) is 30.1. The molecule has 2 unspecified atom stereocenters. The van der Waals surface area contributed by atoms with Crippen molar-refractivity contribution in [2.75, 3.05) is 41.0 Å². The van der Waals surface area contributed by atoms with Crippen LogP contribution in [0, 0.1) is 0 Å². The molecule has 0 saturated heterocycles. The Kier molecular flexibility index (Phi) is 43.8. The molecule has 364 valence electrons. The summed E-state index contributed by atoms with van der Waals surface area (Å²) in [5, 5.41) is 11.7. The number of esters is 2. The first kappa shape index (κ1) is 59.8. The molecule has 0 N–H and O–H groups in total. The second kappa shape index (κ2) is 45.4. The van der Waals surface area contributed by atoms with Gasteiger partial charge in [0.25, 0.3) is 0 Å². The van der Waals surface area contributed by atoms with Crippen LogP contribution in [0.3, 0.4) is 0 Å². The van der Waals surface area contributed by atoms with Crippen LogP contribution in [0.1, 0.15) is 251 Å². The van der Waals surface area contributed by atoms with Gasteiger partial charge in [-0.3, -0.25) is 9.59 Å². The fourth-order valence-corrected chi connectivity index (χ4v) is 7.99. The third-order valence-electron chi connectivity index (χ3n) is 12.1. The molecule has 0 aromatic heterocycles. The highest BCUT2D eigenvalue weighted by Crippen LogP contribution is 2.16. The van der Waals surface area contributed by atoms with Crippen molar-refractivity contribution >= 4 is 17.9 Å². The number of hydrogen-bond acceptors (Lipinski definition) is 7. The van der Waals surface area contributed by atoms with Crippen molar-refractivity contribution in [1.82, 2.24) is 0 Å². The normalized spacial score (nSPS) is 13.0. The van der Waals surface area contributed by atoms with Gasteiger partial charge in [-0.2, -0.15) is 0 Å². The minimum Gasteiger partial charge on any atom is -0.544 e. The lowest BCUT2D eigenvalue weighted by atomic mass is 10.0. The van der Waals surface area contributed by atoms with Crippen molar-refractivity contribution < 1.29 is 38.2 Å². The van der Waals surface area contributed by atoms with Gasteiger partial charge >= 0.3 is 11.9 Å². The van der Waals surface area contributed by atoms with Gasteiger partial charge in [0.05, 0.1) is 40.3 Å². The minimum absolute atomic E-state index is 0.0448. The molecule has 62 heavy (non-hydrogen) atoms. The SMILES string of the molecule is CCCCCCC/C=C\C/C=C\CCCCCCCCCCCCCC(=O)OC(COCCC(C(=O)[O-])[N+](C)(C)C)COC(=O)CCCCCCCCCCCCCCCCC. The van der Waals surface area contributed by atoms with Crippen molar-refractivity contribution in [2.45, 2.75) is 264 Å². The molecule has 8 heteroatoms. The predicted octanol–water partition coefficient (Wildman–Crippen LogP) is 13.9. The van der Waals surface area contributed by atoms with Crippen molar-refractivity contribution in [3.05, 3.63) is 24.3 Å². The molecule has 0 heterocycles. The minimum atomic E-state index is -1.12. The van der Waals surface area contributed by atoms with Gasteiger partial charge in [-0.25, -0.2) is 0 Å². The van der Waals surface area contributed by atoms with Crippen LogP contribution in [0.4, 0.5) is 0 Å². The van der Waals surface area contributed by atoms with Crippen LogP contribution in [-0.4, -0.2) is 75.5 Å². The summed E-state index contributed by atoms with van der Waals surface area (Å²) < 4.78 is 17.3. The summed E-state index contributed by atoms with van der Waals surface area (Å²) in [4.78, 5) is 37.0. The van der Waals surface area contributed by atoms with Crippen LogP contribution in [0.5, 0.6) is 0 Å². The van der Waals surface area contributed by atoms with Gasteiger partial charge in [0.1, 0.15) is 12.6 Å². The summed E-state index contributed by atoms with van der Waals surface area (Å²) >= 11 is 0. The highest BCUT2D eigenvalue weighted by molar-refractivity contribution is 5.70. The molecule has 0 aromatic carbocycles. The van der Waals surface area contributed by atoms with E-state index in [2.05, 4.69) is 38.2 Å². The number of carboxylic acids is 1. The zero-order chi connectivity index (χ0) is 45.6. The van der Waals surface area contributed by atoms with E-state index in [1.807, 2.05) is 21.1 Å². The summed E-state index contributed by atoms with van der Waals surface area (Å²) in [5.41, 5.74) is 0. The number of nitrogens with zero attached hydrogens (tertiary/aromatic N) is 1. The topological polar surface area (TPSA) is 102 Å². The third kappa shape index (κ3) is 43.1. The molecule has 0 bridgehead atoms. The van der Waals surface area contributed by atoms with Gasteiger partial charge in [0.15, 0.2) is 6.10 Å². The molecule has 8 nitrogen and oxygen atoms in total. The number of quaternary nitrogens is 1. The first-order valence-electron chi connectivity index (χ1n) is 26.4. The van der Waals surface area contributed by atoms with Gasteiger partial charge in [-0.05, 0) is 44.9 Å². The molecule has 0 amide bonds. The monoisotopic (exact) mass is 876 g/mol. The van der Waals surface area contributed by atoms with Crippen LogP contribution in [0.25, 0.3) is 0 Å². The molecule has 2 atom stereocenters. The Hall–Kier alpha value is -2.19. The molecular formula is C54H101NO7. The predicted molar refractivity (Wildman–Crippen MR) is 259 cm³/mol. The number of carboxylic acid groups (broad SMARTS) is 1. The van der Waals surface area contributed by atoms with Crippen molar-refractivity contribution in [2.24, 2.45) is 0 Å². The molecule has 0 aromatic rings. The molecule has 0 aliphatic rings. The van der Waals surface area contributed by atoms with Crippen molar-refractivity contribution in [3.8, 4) is 0 Å². The molecular weight excluding hydrogens is 775 g/mol. The van der Waals surface area contributed by atoms with Gasteiger partial charge < -0.3 is 28.6 Å². The molecule has 0 aliphatic heterocycles. The Balaban J connectivity index is 4.18. The number of rotatable bonds is 48. The average Bonchev–Trinajstić information content (AvgIpc) is 3.23. The van der Waals surface area contributed by atoms with E-state index >= 15 is 0 Å². The number of ether oxygens (including phenoxy) is 3. The summed E-state index contributed by atoms with van der Waals surface area (Å²) in [6.07, 6.45) is 52.0. The lowest BCUT2D eigenvalue weighted by molar-refractivity contribution is -0.889. The average molecular weight is 876 g/mol. The number of aliphatic carboxylic acids is 1. The fraction of sp³-hybridized carbons (Fsp3) is 0.870. The van der Waals surface area contributed by atoms with E-state index in [1.54, 1.807) is 0 Å². The molecule has 0 radical (unpaired) electrons. The second-order valence-electron chi connectivity index (χ2n) is 19.1. The standard InChI is InChI=1S/C54H101NO7/c1-6-8-10-12-14-16-18-20-22-23-24-25-26-27-28-29-31-33-35-37-39-41-43-45-53(57)62-50(48-60-47-46-51(54(58)59)55(3,4)5)49-61-52(56)44-42-40-38-36-34-32-30-21-19-17-15-13-11-9-7-2/h18,20,23-24,50-51H,6-17,19,21-22,25-49H2,1-5H3/b20-18-,24-23-. The van der Waals surface area contributed by atoms with Crippen LogP contribution < -0.4 is 5.11 Å². The zero-order valence-electron chi connectivity index (χ0n) is 41.6. The van der Waals surface area contributed by atoms with E-state index in [1.165, 1.54) is 173 Å². The fourth-order valence-electron chi connectivity index (χ4n) is 7.99. The Morgan fingerprint density at radius 1 is 0.484 bits per heavy atom. The summed E-state index contributed by atoms with van der Waals surface area (Å²) in [7, 11) is 5.42. The van der Waals surface area contributed by atoms with Crippen molar-refractivity contribution in [1.29, 1.82) is 0 Å².